The Hall–Kier alpha value is -0.410. The standard InChI is InChI=1S/C15H28N2O/c1-16-13-7-3-11(4-8-13)15(18)12-5-9-14(17-2)10-6-12/h11-14,16-17H,3-10H2,1-2H3. The van der Waals surface area contributed by atoms with Crippen LogP contribution in [0.3, 0.4) is 0 Å². The van der Waals surface area contributed by atoms with Gasteiger partial charge in [0.25, 0.3) is 0 Å². The lowest BCUT2D eigenvalue weighted by Gasteiger charge is -2.33. The molecule has 2 aliphatic carbocycles. The van der Waals surface area contributed by atoms with Gasteiger partial charge in [0.2, 0.25) is 0 Å². The molecule has 2 saturated carbocycles. The zero-order valence-corrected chi connectivity index (χ0v) is 11.9. The Morgan fingerprint density at radius 2 is 1.06 bits per heavy atom. The lowest BCUT2D eigenvalue weighted by molar-refractivity contribution is -0.129. The number of ketones is 1. The molecule has 2 aliphatic rings. The fraction of sp³-hybridized carbons (Fsp3) is 0.933. The van der Waals surface area contributed by atoms with Gasteiger partial charge in [0.05, 0.1) is 0 Å². The number of rotatable bonds is 4. The van der Waals surface area contributed by atoms with E-state index in [0.717, 1.165) is 25.7 Å². The SMILES string of the molecule is CNC1CCC(C(=O)C2CCC(NC)CC2)CC1. The second kappa shape index (κ2) is 6.67. The molecule has 3 nitrogen and oxygen atoms in total. The van der Waals surface area contributed by atoms with Crippen molar-refractivity contribution in [3.63, 3.8) is 0 Å². The van der Waals surface area contributed by atoms with Gasteiger partial charge in [-0.05, 0) is 65.5 Å². The van der Waals surface area contributed by atoms with Gasteiger partial charge < -0.3 is 10.6 Å². The van der Waals surface area contributed by atoms with Gasteiger partial charge in [-0.25, -0.2) is 0 Å². The Balaban J connectivity index is 1.78. The highest BCUT2D eigenvalue weighted by atomic mass is 16.1. The van der Waals surface area contributed by atoms with Crippen molar-refractivity contribution in [3.05, 3.63) is 0 Å². The molecule has 0 bridgehead atoms. The average Bonchev–Trinajstić information content (AvgIpc) is 2.47. The van der Waals surface area contributed by atoms with Crippen LogP contribution in [-0.4, -0.2) is 32.0 Å². The van der Waals surface area contributed by atoms with Crippen molar-refractivity contribution in [1.29, 1.82) is 0 Å². The van der Waals surface area contributed by atoms with Crippen molar-refractivity contribution >= 4 is 5.78 Å². The second-order valence-corrected chi connectivity index (χ2v) is 6.08. The minimum atomic E-state index is 0.366. The Morgan fingerprint density at radius 1 is 0.722 bits per heavy atom. The summed E-state index contributed by atoms with van der Waals surface area (Å²) >= 11 is 0. The van der Waals surface area contributed by atoms with Gasteiger partial charge in [-0.3, -0.25) is 4.79 Å². The maximum Gasteiger partial charge on any atom is 0.139 e. The molecule has 0 atom stereocenters. The summed E-state index contributed by atoms with van der Waals surface area (Å²) in [6.45, 7) is 0. The van der Waals surface area contributed by atoms with Crippen LogP contribution in [0.1, 0.15) is 51.4 Å². The molecule has 0 aromatic heterocycles. The Labute approximate surface area is 111 Å². The highest BCUT2D eigenvalue weighted by molar-refractivity contribution is 5.83. The molecule has 0 heterocycles. The Bertz CT molecular complexity index is 238. The number of carbonyl (C=O) groups excluding carboxylic acids is 1. The van der Waals surface area contributed by atoms with E-state index in [0.29, 0.717) is 29.7 Å². The lowest BCUT2D eigenvalue weighted by atomic mass is 9.75. The van der Waals surface area contributed by atoms with Gasteiger partial charge in [-0.2, -0.15) is 0 Å². The fourth-order valence-electron chi connectivity index (χ4n) is 3.67. The molecule has 0 unspecified atom stereocenters. The van der Waals surface area contributed by atoms with Crippen molar-refractivity contribution in [3.8, 4) is 0 Å². The first-order valence-electron chi connectivity index (χ1n) is 7.62. The van der Waals surface area contributed by atoms with E-state index in [1.807, 2.05) is 14.1 Å². The molecule has 0 radical (unpaired) electrons. The predicted octanol–water partition coefficient (Wildman–Crippen LogP) is 2.11. The minimum Gasteiger partial charge on any atom is -0.317 e. The Morgan fingerprint density at radius 3 is 1.33 bits per heavy atom. The summed E-state index contributed by atoms with van der Waals surface area (Å²) in [5.41, 5.74) is 0. The van der Waals surface area contributed by atoms with Crippen molar-refractivity contribution in [2.24, 2.45) is 11.8 Å². The maximum atomic E-state index is 12.5. The van der Waals surface area contributed by atoms with Crippen LogP contribution >= 0.6 is 0 Å². The Kier molecular flexibility index (Phi) is 5.19. The lowest BCUT2D eigenvalue weighted by Crippen LogP contribution is -2.37. The van der Waals surface area contributed by atoms with E-state index in [2.05, 4.69) is 10.6 Å². The van der Waals surface area contributed by atoms with E-state index in [1.54, 1.807) is 0 Å². The molecule has 0 aromatic rings. The molecule has 3 heteroatoms. The summed E-state index contributed by atoms with van der Waals surface area (Å²) in [6, 6.07) is 1.29. The first kappa shape index (κ1) is 14.0. The van der Waals surface area contributed by atoms with Crippen LogP contribution in [0, 0.1) is 11.8 Å². The third-order valence-electron chi connectivity index (χ3n) is 5.08. The summed E-state index contributed by atoms with van der Waals surface area (Å²) < 4.78 is 0. The largest absolute Gasteiger partial charge is 0.317 e. The highest BCUT2D eigenvalue weighted by Crippen LogP contribution is 2.32. The molecule has 0 spiro atoms. The van der Waals surface area contributed by atoms with E-state index < -0.39 is 0 Å². The van der Waals surface area contributed by atoms with Gasteiger partial charge in [-0.1, -0.05) is 0 Å². The van der Waals surface area contributed by atoms with Crippen molar-refractivity contribution < 1.29 is 4.79 Å². The second-order valence-electron chi connectivity index (χ2n) is 6.08. The monoisotopic (exact) mass is 252 g/mol. The third-order valence-corrected chi connectivity index (χ3v) is 5.08. The molecule has 18 heavy (non-hydrogen) atoms. The summed E-state index contributed by atoms with van der Waals surface area (Å²) in [6.07, 6.45) is 9.15. The minimum absolute atomic E-state index is 0.366. The van der Waals surface area contributed by atoms with E-state index in [9.17, 15) is 4.79 Å². The fourth-order valence-corrected chi connectivity index (χ4v) is 3.67. The van der Waals surface area contributed by atoms with Gasteiger partial charge in [0.1, 0.15) is 5.78 Å². The molecule has 2 N–H and O–H groups in total. The van der Waals surface area contributed by atoms with E-state index in [1.165, 1.54) is 25.7 Å². The van der Waals surface area contributed by atoms with Gasteiger partial charge in [-0.15, -0.1) is 0 Å². The van der Waals surface area contributed by atoms with Gasteiger partial charge >= 0.3 is 0 Å². The first-order valence-corrected chi connectivity index (χ1v) is 7.62. The third kappa shape index (κ3) is 3.33. The summed E-state index contributed by atoms with van der Waals surface area (Å²) in [4.78, 5) is 12.5. The van der Waals surface area contributed by atoms with Crippen LogP contribution in [0.15, 0.2) is 0 Å². The number of hydrogen-bond donors (Lipinski definition) is 2. The summed E-state index contributed by atoms with van der Waals surface area (Å²) in [5, 5.41) is 6.67. The highest BCUT2D eigenvalue weighted by Gasteiger charge is 2.32. The number of hydrogen-bond acceptors (Lipinski definition) is 3. The van der Waals surface area contributed by atoms with E-state index in [4.69, 9.17) is 0 Å². The van der Waals surface area contributed by atoms with Gasteiger partial charge in [0, 0.05) is 23.9 Å². The predicted molar refractivity (Wildman–Crippen MR) is 74.6 cm³/mol. The van der Waals surface area contributed by atoms with Crippen molar-refractivity contribution in [2.45, 2.75) is 63.5 Å². The van der Waals surface area contributed by atoms with E-state index >= 15 is 0 Å². The number of nitrogens with one attached hydrogen (secondary N) is 2. The smallest absolute Gasteiger partial charge is 0.139 e. The van der Waals surface area contributed by atoms with Crippen LogP contribution in [0.5, 0.6) is 0 Å². The van der Waals surface area contributed by atoms with Crippen molar-refractivity contribution in [1.82, 2.24) is 10.6 Å². The van der Waals surface area contributed by atoms with Crippen LogP contribution in [0.25, 0.3) is 0 Å². The van der Waals surface area contributed by atoms with Crippen LogP contribution in [0.4, 0.5) is 0 Å². The quantitative estimate of drug-likeness (QED) is 0.805. The van der Waals surface area contributed by atoms with Crippen LogP contribution in [0.2, 0.25) is 0 Å². The molecular weight excluding hydrogens is 224 g/mol. The molecular formula is C15H28N2O. The van der Waals surface area contributed by atoms with E-state index in [-0.39, 0.29) is 0 Å². The zero-order chi connectivity index (χ0) is 13.0. The number of carbonyl (C=O) groups is 1. The average molecular weight is 252 g/mol. The zero-order valence-electron chi connectivity index (χ0n) is 11.9. The maximum absolute atomic E-state index is 12.5. The molecule has 104 valence electrons. The topological polar surface area (TPSA) is 41.1 Å². The van der Waals surface area contributed by atoms with Crippen LogP contribution < -0.4 is 10.6 Å². The molecule has 0 aromatic carbocycles. The molecule has 2 rings (SSSR count). The molecule has 0 amide bonds. The number of Topliss-reactive ketones (excluding diaryl/α,β-unsaturated/α-hetero) is 1. The molecule has 0 saturated heterocycles. The normalized spacial score (nSPS) is 37.4. The summed E-state index contributed by atoms with van der Waals surface area (Å²) in [7, 11) is 4.07. The molecule has 0 aliphatic heterocycles. The van der Waals surface area contributed by atoms with Crippen molar-refractivity contribution in [2.75, 3.05) is 14.1 Å². The first-order chi connectivity index (χ1) is 8.74. The van der Waals surface area contributed by atoms with Gasteiger partial charge in [0.15, 0.2) is 0 Å². The van der Waals surface area contributed by atoms with Crippen LogP contribution in [-0.2, 0) is 4.79 Å². The summed E-state index contributed by atoms with van der Waals surface area (Å²) in [5.74, 6) is 1.32. The molecule has 2 fully saturated rings.